The normalized spacial score (nSPS) is 14.7. The molecular formula is C20H22N4O3. The number of ether oxygens (including phenoxy) is 2. The van der Waals surface area contributed by atoms with Crippen LogP contribution >= 0.6 is 0 Å². The number of hydrogen-bond donors (Lipinski definition) is 0. The summed E-state index contributed by atoms with van der Waals surface area (Å²) in [6.07, 6.45) is 4.26. The highest BCUT2D eigenvalue weighted by molar-refractivity contribution is 5.51. The van der Waals surface area contributed by atoms with Crippen molar-refractivity contribution in [1.29, 1.82) is 0 Å². The second kappa shape index (κ2) is 7.75. The Morgan fingerprint density at radius 1 is 1.19 bits per heavy atom. The average molecular weight is 366 g/mol. The lowest BCUT2D eigenvalue weighted by Crippen LogP contribution is -2.46. The van der Waals surface area contributed by atoms with E-state index in [4.69, 9.17) is 14.0 Å². The van der Waals surface area contributed by atoms with Gasteiger partial charge in [-0.3, -0.25) is 9.88 Å². The molecule has 27 heavy (non-hydrogen) atoms. The lowest BCUT2D eigenvalue weighted by Gasteiger charge is -2.38. The first-order chi connectivity index (χ1) is 13.2. The smallest absolute Gasteiger partial charge is 0.227 e. The quantitative estimate of drug-likeness (QED) is 0.636. The highest BCUT2D eigenvalue weighted by Crippen LogP contribution is 2.29. The fourth-order valence-electron chi connectivity index (χ4n) is 3.36. The molecule has 140 valence electrons. The van der Waals surface area contributed by atoms with Crippen LogP contribution in [-0.2, 0) is 13.0 Å². The molecule has 1 fully saturated rings. The molecule has 1 aliphatic heterocycles. The summed E-state index contributed by atoms with van der Waals surface area (Å²) in [5.41, 5.74) is 2.03. The number of nitrogens with zero attached hydrogens (tertiary/aromatic N) is 4. The van der Waals surface area contributed by atoms with Gasteiger partial charge in [0, 0.05) is 55.6 Å². The molecule has 3 heterocycles. The first-order valence-electron chi connectivity index (χ1n) is 8.91. The number of methoxy groups -OCH3 is 2. The zero-order valence-electron chi connectivity index (χ0n) is 15.5. The van der Waals surface area contributed by atoms with Crippen LogP contribution in [0.3, 0.4) is 0 Å². The maximum absolute atomic E-state index is 5.48. The van der Waals surface area contributed by atoms with Gasteiger partial charge in [-0.05, 0) is 24.1 Å². The molecule has 0 radical (unpaired) electrons. The van der Waals surface area contributed by atoms with E-state index in [-0.39, 0.29) is 0 Å². The molecule has 0 spiro atoms. The molecule has 0 atom stereocenters. The maximum atomic E-state index is 5.48. The molecule has 0 unspecified atom stereocenters. The summed E-state index contributed by atoms with van der Waals surface area (Å²) in [4.78, 5) is 11.0. The Bertz CT molecular complexity index is 891. The molecule has 1 saturated heterocycles. The van der Waals surface area contributed by atoms with Gasteiger partial charge in [0.2, 0.25) is 11.7 Å². The van der Waals surface area contributed by atoms with Gasteiger partial charge in [0.25, 0.3) is 0 Å². The molecular weight excluding hydrogens is 344 g/mol. The Labute approximate surface area is 157 Å². The Hall–Kier alpha value is -2.93. The summed E-state index contributed by atoms with van der Waals surface area (Å²) in [6, 6.07) is 9.74. The van der Waals surface area contributed by atoms with E-state index in [1.54, 1.807) is 26.6 Å². The number of pyridine rings is 1. The zero-order chi connectivity index (χ0) is 18.6. The van der Waals surface area contributed by atoms with E-state index in [2.05, 4.69) is 26.1 Å². The van der Waals surface area contributed by atoms with Crippen LogP contribution in [0.1, 0.15) is 11.5 Å². The monoisotopic (exact) mass is 366 g/mol. The number of aromatic nitrogens is 3. The third kappa shape index (κ3) is 3.93. The SMILES string of the molecule is COc1ccc(CN2CC(Cc3nc(-c4cccnc4)no3)C2)c(OC)c1. The minimum atomic E-state index is 0.524. The molecule has 4 rings (SSSR count). The molecule has 0 bridgehead atoms. The van der Waals surface area contributed by atoms with Gasteiger partial charge in [-0.25, -0.2) is 0 Å². The summed E-state index contributed by atoms with van der Waals surface area (Å²) in [7, 11) is 3.35. The number of rotatable bonds is 7. The summed E-state index contributed by atoms with van der Waals surface area (Å²) in [5, 5.41) is 4.06. The Morgan fingerprint density at radius 3 is 2.81 bits per heavy atom. The van der Waals surface area contributed by atoms with Crippen LogP contribution in [0, 0.1) is 5.92 Å². The first-order valence-corrected chi connectivity index (χ1v) is 8.91. The van der Waals surface area contributed by atoms with Crippen molar-refractivity contribution in [1.82, 2.24) is 20.0 Å². The molecule has 7 nitrogen and oxygen atoms in total. The minimum Gasteiger partial charge on any atom is -0.497 e. The second-order valence-corrected chi connectivity index (χ2v) is 6.70. The molecule has 7 heteroatoms. The lowest BCUT2D eigenvalue weighted by atomic mass is 9.95. The van der Waals surface area contributed by atoms with Crippen molar-refractivity contribution in [2.24, 2.45) is 5.92 Å². The predicted molar refractivity (Wildman–Crippen MR) is 99.5 cm³/mol. The Morgan fingerprint density at radius 2 is 2.07 bits per heavy atom. The van der Waals surface area contributed by atoms with Crippen molar-refractivity contribution in [3.8, 4) is 22.9 Å². The molecule has 0 N–H and O–H groups in total. The van der Waals surface area contributed by atoms with Gasteiger partial charge in [0.05, 0.1) is 14.2 Å². The number of benzene rings is 1. The predicted octanol–water partition coefficient (Wildman–Crippen LogP) is 2.82. The van der Waals surface area contributed by atoms with E-state index >= 15 is 0 Å². The van der Waals surface area contributed by atoms with Crippen molar-refractivity contribution >= 4 is 0 Å². The van der Waals surface area contributed by atoms with Crippen LogP contribution in [0.15, 0.2) is 47.2 Å². The van der Waals surface area contributed by atoms with Crippen molar-refractivity contribution in [2.75, 3.05) is 27.3 Å². The Balaban J connectivity index is 1.31. The van der Waals surface area contributed by atoms with E-state index in [9.17, 15) is 0 Å². The molecule has 3 aromatic rings. The van der Waals surface area contributed by atoms with Crippen LogP contribution in [0.2, 0.25) is 0 Å². The van der Waals surface area contributed by atoms with E-state index < -0.39 is 0 Å². The molecule has 1 aliphatic rings. The lowest BCUT2D eigenvalue weighted by molar-refractivity contribution is 0.0857. The fourth-order valence-corrected chi connectivity index (χ4v) is 3.36. The highest BCUT2D eigenvalue weighted by Gasteiger charge is 2.29. The number of hydrogen-bond acceptors (Lipinski definition) is 7. The van der Waals surface area contributed by atoms with Crippen LogP contribution in [-0.4, -0.2) is 47.3 Å². The summed E-state index contributed by atoms with van der Waals surface area (Å²) in [5.74, 6) is 3.46. The van der Waals surface area contributed by atoms with Gasteiger partial charge in [-0.2, -0.15) is 4.98 Å². The first kappa shape index (κ1) is 17.5. The third-order valence-electron chi connectivity index (χ3n) is 4.77. The van der Waals surface area contributed by atoms with Gasteiger partial charge in [0.1, 0.15) is 11.5 Å². The number of likely N-dealkylation sites (tertiary alicyclic amines) is 1. The standard InChI is InChI=1S/C20H22N4O3/c1-25-17-6-5-16(18(9-17)26-2)13-24-11-14(12-24)8-19-22-20(23-27-19)15-4-3-7-21-10-15/h3-7,9-10,14H,8,11-13H2,1-2H3. The third-order valence-corrected chi connectivity index (χ3v) is 4.77. The van der Waals surface area contributed by atoms with E-state index in [1.807, 2.05) is 24.3 Å². The topological polar surface area (TPSA) is 73.5 Å². The molecule has 0 aliphatic carbocycles. The van der Waals surface area contributed by atoms with E-state index in [1.165, 1.54) is 0 Å². The summed E-state index contributed by atoms with van der Waals surface area (Å²) in [6.45, 7) is 2.86. The molecule has 0 amide bonds. The molecule has 0 saturated carbocycles. The van der Waals surface area contributed by atoms with Gasteiger partial charge in [-0.1, -0.05) is 11.2 Å². The van der Waals surface area contributed by atoms with E-state index in [0.717, 1.165) is 48.7 Å². The average Bonchev–Trinajstić information content (AvgIpc) is 3.16. The summed E-state index contributed by atoms with van der Waals surface area (Å²) < 4.78 is 16.1. The van der Waals surface area contributed by atoms with Crippen LogP contribution in [0.25, 0.3) is 11.4 Å². The highest BCUT2D eigenvalue weighted by atomic mass is 16.5. The van der Waals surface area contributed by atoms with Crippen molar-refractivity contribution in [3.63, 3.8) is 0 Å². The van der Waals surface area contributed by atoms with Gasteiger partial charge in [0.15, 0.2) is 0 Å². The molecule has 2 aromatic heterocycles. The zero-order valence-corrected chi connectivity index (χ0v) is 15.5. The van der Waals surface area contributed by atoms with E-state index in [0.29, 0.717) is 17.6 Å². The van der Waals surface area contributed by atoms with Crippen LogP contribution < -0.4 is 9.47 Å². The Kier molecular flexibility index (Phi) is 5.02. The summed E-state index contributed by atoms with van der Waals surface area (Å²) >= 11 is 0. The van der Waals surface area contributed by atoms with Crippen molar-refractivity contribution < 1.29 is 14.0 Å². The molecule has 1 aromatic carbocycles. The van der Waals surface area contributed by atoms with Crippen molar-refractivity contribution in [3.05, 3.63) is 54.2 Å². The van der Waals surface area contributed by atoms with Crippen LogP contribution in [0.4, 0.5) is 0 Å². The van der Waals surface area contributed by atoms with Crippen LogP contribution in [0.5, 0.6) is 11.5 Å². The van der Waals surface area contributed by atoms with Gasteiger partial charge >= 0.3 is 0 Å². The van der Waals surface area contributed by atoms with Gasteiger partial charge in [-0.15, -0.1) is 0 Å². The second-order valence-electron chi connectivity index (χ2n) is 6.70. The fraction of sp³-hybridized carbons (Fsp3) is 0.350. The largest absolute Gasteiger partial charge is 0.497 e. The van der Waals surface area contributed by atoms with Crippen molar-refractivity contribution in [2.45, 2.75) is 13.0 Å². The maximum Gasteiger partial charge on any atom is 0.227 e. The van der Waals surface area contributed by atoms with Gasteiger partial charge < -0.3 is 14.0 Å². The minimum absolute atomic E-state index is 0.524.